The summed E-state index contributed by atoms with van der Waals surface area (Å²) in [5.74, 6) is -0.0841. The molecule has 1 rings (SSSR count). The topological polar surface area (TPSA) is 71.3 Å². The molecule has 0 bridgehead atoms. The largest absolute Gasteiger partial charge is 0.448 e. The van der Waals surface area contributed by atoms with Gasteiger partial charge in [0.05, 0.1) is 0 Å². The summed E-state index contributed by atoms with van der Waals surface area (Å²) in [4.78, 5) is 23.5. The van der Waals surface area contributed by atoms with E-state index in [1.807, 2.05) is 0 Å². The highest BCUT2D eigenvalue weighted by Gasteiger charge is 2.17. The van der Waals surface area contributed by atoms with Crippen molar-refractivity contribution in [2.24, 2.45) is 5.92 Å². The van der Waals surface area contributed by atoms with Gasteiger partial charge in [-0.2, -0.15) is 0 Å². The number of furan rings is 1. The summed E-state index contributed by atoms with van der Waals surface area (Å²) >= 11 is 0. The van der Waals surface area contributed by atoms with E-state index in [-0.39, 0.29) is 29.1 Å². The van der Waals surface area contributed by atoms with Gasteiger partial charge < -0.3 is 15.1 Å². The minimum atomic E-state index is -0.280. The summed E-state index contributed by atoms with van der Waals surface area (Å²) < 4.78 is 5.29. The van der Waals surface area contributed by atoms with Crippen LogP contribution in [0.15, 0.2) is 16.5 Å². The molecule has 20 heavy (non-hydrogen) atoms. The molecular weight excluding hydrogens is 256 g/mol. The number of rotatable bonds is 8. The van der Waals surface area contributed by atoms with Gasteiger partial charge in [0.1, 0.15) is 0 Å². The molecular formula is C15H24N2O3. The predicted octanol–water partition coefficient (Wildman–Crippen LogP) is 2.24. The number of carbonyl (C=O) groups is 2. The van der Waals surface area contributed by atoms with Crippen LogP contribution in [-0.4, -0.2) is 30.8 Å². The number of ketones is 1. The van der Waals surface area contributed by atoms with Gasteiger partial charge in [0.15, 0.2) is 11.5 Å². The first-order chi connectivity index (χ1) is 9.41. The second kappa shape index (κ2) is 7.85. The van der Waals surface area contributed by atoms with E-state index in [0.717, 1.165) is 13.0 Å². The second-order valence-corrected chi connectivity index (χ2v) is 5.40. The fraction of sp³-hybridized carbons (Fsp3) is 0.600. The second-order valence-electron chi connectivity index (χ2n) is 5.40. The van der Waals surface area contributed by atoms with Crippen molar-refractivity contribution in [1.82, 2.24) is 10.6 Å². The fourth-order valence-corrected chi connectivity index (χ4v) is 1.65. The Morgan fingerprint density at radius 3 is 2.35 bits per heavy atom. The van der Waals surface area contributed by atoms with E-state index in [1.54, 1.807) is 19.9 Å². The summed E-state index contributed by atoms with van der Waals surface area (Å²) in [7, 11) is 0. The van der Waals surface area contributed by atoms with Gasteiger partial charge in [0.2, 0.25) is 5.78 Å². The molecule has 0 aromatic carbocycles. The molecule has 1 heterocycles. The maximum Gasteiger partial charge on any atom is 0.287 e. The van der Waals surface area contributed by atoms with E-state index in [4.69, 9.17) is 4.42 Å². The van der Waals surface area contributed by atoms with Crippen LogP contribution < -0.4 is 10.6 Å². The number of nitrogens with one attached hydrogen (secondary N) is 2. The maximum absolute atomic E-state index is 11.8. The molecule has 0 aliphatic carbocycles. The van der Waals surface area contributed by atoms with E-state index in [9.17, 15) is 9.59 Å². The van der Waals surface area contributed by atoms with Crippen molar-refractivity contribution in [3.63, 3.8) is 0 Å². The van der Waals surface area contributed by atoms with Crippen molar-refractivity contribution in [3.8, 4) is 0 Å². The highest BCUT2D eigenvalue weighted by molar-refractivity contribution is 5.97. The molecule has 1 aromatic rings. The molecule has 0 radical (unpaired) electrons. The summed E-state index contributed by atoms with van der Waals surface area (Å²) in [6.07, 6.45) is 0.850. The van der Waals surface area contributed by atoms with Crippen LogP contribution in [-0.2, 0) is 0 Å². The maximum atomic E-state index is 11.8. The molecule has 5 heteroatoms. The minimum Gasteiger partial charge on any atom is -0.448 e. The number of hydrogen-bond acceptors (Lipinski definition) is 4. The van der Waals surface area contributed by atoms with Gasteiger partial charge in [-0.3, -0.25) is 9.59 Å². The quantitative estimate of drug-likeness (QED) is 0.566. The van der Waals surface area contributed by atoms with Crippen LogP contribution in [0.2, 0.25) is 0 Å². The Labute approximate surface area is 120 Å². The van der Waals surface area contributed by atoms with Crippen LogP contribution in [0.25, 0.3) is 0 Å². The zero-order valence-corrected chi connectivity index (χ0v) is 12.7. The average Bonchev–Trinajstić information content (AvgIpc) is 2.86. The molecule has 1 amide bonds. The Balaban J connectivity index is 2.39. The smallest absolute Gasteiger partial charge is 0.287 e. The van der Waals surface area contributed by atoms with E-state index < -0.39 is 0 Å². The highest BCUT2D eigenvalue weighted by atomic mass is 16.4. The molecule has 112 valence electrons. The zero-order valence-electron chi connectivity index (χ0n) is 12.7. The molecule has 0 unspecified atom stereocenters. The van der Waals surface area contributed by atoms with Gasteiger partial charge in [-0.25, -0.2) is 0 Å². The number of carbonyl (C=O) groups excluding carboxylic acids is 2. The van der Waals surface area contributed by atoms with E-state index >= 15 is 0 Å². The van der Waals surface area contributed by atoms with Gasteiger partial charge in [-0.1, -0.05) is 27.7 Å². The van der Waals surface area contributed by atoms with Gasteiger partial charge >= 0.3 is 0 Å². The molecule has 2 N–H and O–H groups in total. The van der Waals surface area contributed by atoms with Crippen LogP contribution in [0, 0.1) is 5.92 Å². The monoisotopic (exact) mass is 280 g/mol. The lowest BCUT2D eigenvalue weighted by Crippen LogP contribution is -2.29. The Hall–Kier alpha value is -1.62. The molecule has 1 aromatic heterocycles. The Morgan fingerprint density at radius 1 is 1.10 bits per heavy atom. The first-order valence-corrected chi connectivity index (χ1v) is 7.07. The van der Waals surface area contributed by atoms with Gasteiger partial charge in [-0.05, 0) is 25.1 Å². The Bertz CT molecular complexity index is 450. The Kier molecular flexibility index (Phi) is 6.45. The minimum absolute atomic E-state index is 0.0924. The lowest BCUT2D eigenvalue weighted by molar-refractivity contribution is 0.0892. The SMILES string of the molecule is CC(C)NCCCNC(=O)c1ccc(C(=O)C(C)C)o1. The highest BCUT2D eigenvalue weighted by Crippen LogP contribution is 2.12. The van der Waals surface area contributed by atoms with Crippen LogP contribution >= 0.6 is 0 Å². The summed E-state index contributed by atoms with van der Waals surface area (Å²) in [6, 6.07) is 3.54. The van der Waals surface area contributed by atoms with Gasteiger partial charge in [-0.15, -0.1) is 0 Å². The van der Waals surface area contributed by atoms with Crippen molar-refractivity contribution in [2.75, 3.05) is 13.1 Å². The van der Waals surface area contributed by atoms with Crippen molar-refractivity contribution in [1.29, 1.82) is 0 Å². The molecule has 0 saturated heterocycles. The third-order valence-electron chi connectivity index (χ3n) is 2.79. The molecule has 0 saturated carbocycles. The molecule has 0 atom stereocenters. The van der Waals surface area contributed by atoms with Gasteiger partial charge in [0.25, 0.3) is 5.91 Å². The summed E-state index contributed by atoms with van der Waals surface area (Å²) in [6.45, 7) is 9.18. The third kappa shape index (κ3) is 5.17. The number of amides is 1. The predicted molar refractivity (Wildman–Crippen MR) is 78.0 cm³/mol. The van der Waals surface area contributed by atoms with Crippen molar-refractivity contribution >= 4 is 11.7 Å². The van der Waals surface area contributed by atoms with Crippen LogP contribution in [0.3, 0.4) is 0 Å². The van der Waals surface area contributed by atoms with Crippen LogP contribution in [0.4, 0.5) is 0 Å². The molecule has 0 aliphatic rings. The van der Waals surface area contributed by atoms with E-state index in [1.165, 1.54) is 6.07 Å². The number of Topliss-reactive ketones (excluding diaryl/α,β-unsaturated/α-hetero) is 1. The number of hydrogen-bond donors (Lipinski definition) is 2. The molecule has 0 aliphatic heterocycles. The first kappa shape index (κ1) is 16.4. The zero-order chi connectivity index (χ0) is 15.1. The first-order valence-electron chi connectivity index (χ1n) is 7.07. The third-order valence-corrected chi connectivity index (χ3v) is 2.79. The van der Waals surface area contributed by atoms with E-state index in [2.05, 4.69) is 24.5 Å². The van der Waals surface area contributed by atoms with Crippen LogP contribution in [0.1, 0.15) is 55.2 Å². The Morgan fingerprint density at radius 2 is 1.75 bits per heavy atom. The van der Waals surface area contributed by atoms with Crippen LogP contribution in [0.5, 0.6) is 0 Å². The molecule has 0 fully saturated rings. The molecule has 0 spiro atoms. The average molecular weight is 280 g/mol. The lowest BCUT2D eigenvalue weighted by atomic mass is 10.1. The summed E-state index contributed by atoms with van der Waals surface area (Å²) in [5, 5.41) is 6.04. The van der Waals surface area contributed by atoms with E-state index in [0.29, 0.717) is 12.6 Å². The standard InChI is InChI=1S/C15H24N2O3/c1-10(2)14(18)12-6-7-13(20-12)15(19)17-9-5-8-16-11(3)4/h6-7,10-11,16H,5,8-9H2,1-4H3,(H,17,19). The van der Waals surface area contributed by atoms with Crippen molar-refractivity contribution in [2.45, 2.75) is 40.2 Å². The fourth-order valence-electron chi connectivity index (χ4n) is 1.65. The normalized spacial score (nSPS) is 11.1. The molecule has 5 nitrogen and oxygen atoms in total. The lowest BCUT2D eigenvalue weighted by Gasteiger charge is -2.07. The van der Waals surface area contributed by atoms with Crippen molar-refractivity contribution in [3.05, 3.63) is 23.7 Å². The van der Waals surface area contributed by atoms with Crippen molar-refractivity contribution < 1.29 is 14.0 Å². The van der Waals surface area contributed by atoms with Gasteiger partial charge in [0, 0.05) is 18.5 Å². The summed E-state index contributed by atoms with van der Waals surface area (Å²) in [5.41, 5.74) is 0.